The first-order valence-electron chi connectivity index (χ1n) is 10.3. The monoisotopic (exact) mass is 464 g/mol. The molecule has 0 atom stereocenters. The zero-order valence-corrected chi connectivity index (χ0v) is 19.4. The van der Waals surface area contributed by atoms with Gasteiger partial charge < -0.3 is 19.5 Å². The summed E-state index contributed by atoms with van der Waals surface area (Å²) in [6.45, 7) is 0.485. The van der Waals surface area contributed by atoms with Crippen LogP contribution in [-0.4, -0.2) is 48.4 Å². The van der Waals surface area contributed by atoms with Crippen molar-refractivity contribution in [2.24, 2.45) is 0 Å². The van der Waals surface area contributed by atoms with Crippen LogP contribution in [0.1, 0.15) is 11.3 Å². The molecule has 33 heavy (non-hydrogen) atoms. The van der Waals surface area contributed by atoms with Gasteiger partial charge in [0, 0.05) is 30.0 Å². The third-order valence-electron chi connectivity index (χ3n) is 5.01. The summed E-state index contributed by atoms with van der Waals surface area (Å²) in [4.78, 5) is 17.7. The van der Waals surface area contributed by atoms with Crippen molar-refractivity contribution in [2.75, 3.05) is 27.9 Å². The van der Waals surface area contributed by atoms with Gasteiger partial charge in [-0.3, -0.25) is 4.79 Å². The number of thiazole rings is 1. The smallest absolute Gasteiger partial charge is 0.244 e. The number of carbonyl (C=O) groups is 1. The quantitative estimate of drug-likeness (QED) is 0.379. The van der Waals surface area contributed by atoms with Gasteiger partial charge in [0.1, 0.15) is 5.75 Å². The Bertz CT molecular complexity index is 1280. The summed E-state index contributed by atoms with van der Waals surface area (Å²) in [6, 6.07) is 13.1. The topological polar surface area (TPSA) is 87.0 Å². The fourth-order valence-electron chi connectivity index (χ4n) is 3.26. The third-order valence-corrected chi connectivity index (χ3v) is 5.88. The highest BCUT2D eigenvalue weighted by atomic mass is 32.1. The van der Waals surface area contributed by atoms with Gasteiger partial charge in [0.15, 0.2) is 17.3 Å². The van der Waals surface area contributed by atoms with Crippen molar-refractivity contribution in [3.8, 4) is 28.6 Å². The molecule has 0 aliphatic carbocycles. The first-order valence-corrected chi connectivity index (χ1v) is 11.1. The number of carbonyl (C=O) groups excluding carboxylic acids is 1. The molecule has 8 nitrogen and oxygen atoms in total. The lowest BCUT2D eigenvalue weighted by molar-refractivity contribution is -0.116. The maximum absolute atomic E-state index is 12.2. The van der Waals surface area contributed by atoms with E-state index in [1.807, 2.05) is 46.3 Å². The Morgan fingerprint density at radius 2 is 1.85 bits per heavy atom. The number of benzene rings is 2. The van der Waals surface area contributed by atoms with Gasteiger partial charge >= 0.3 is 0 Å². The molecule has 0 bridgehead atoms. The second-order valence-electron chi connectivity index (χ2n) is 7.07. The molecule has 1 N–H and O–H groups in total. The van der Waals surface area contributed by atoms with Crippen molar-refractivity contribution in [2.45, 2.75) is 6.42 Å². The molecule has 0 spiro atoms. The Hall–Kier alpha value is -3.85. The van der Waals surface area contributed by atoms with Gasteiger partial charge in [-0.2, -0.15) is 4.98 Å². The van der Waals surface area contributed by atoms with Crippen LogP contribution in [0, 0.1) is 0 Å². The van der Waals surface area contributed by atoms with Crippen molar-refractivity contribution >= 4 is 28.3 Å². The number of methoxy groups -OCH3 is 3. The van der Waals surface area contributed by atoms with Crippen molar-refractivity contribution < 1.29 is 19.0 Å². The van der Waals surface area contributed by atoms with Gasteiger partial charge in [0.2, 0.25) is 10.9 Å². The molecule has 0 saturated heterocycles. The molecule has 2 aromatic heterocycles. The molecule has 0 saturated carbocycles. The molecule has 170 valence electrons. The second-order valence-corrected chi connectivity index (χ2v) is 7.91. The summed E-state index contributed by atoms with van der Waals surface area (Å²) in [7, 11) is 4.80. The maximum Gasteiger partial charge on any atom is 0.244 e. The van der Waals surface area contributed by atoms with E-state index in [1.54, 1.807) is 33.5 Å². The van der Waals surface area contributed by atoms with Gasteiger partial charge in [0.05, 0.1) is 27.0 Å². The fraction of sp³-hybridized carbons (Fsp3) is 0.208. The molecule has 2 heterocycles. The second kappa shape index (κ2) is 10.2. The normalized spacial score (nSPS) is 11.1. The molecule has 2 aromatic carbocycles. The van der Waals surface area contributed by atoms with Gasteiger partial charge in [-0.15, -0.1) is 16.4 Å². The minimum Gasteiger partial charge on any atom is -0.497 e. The number of aromatic nitrogens is 3. The lowest BCUT2D eigenvalue weighted by Gasteiger charge is -2.07. The number of rotatable bonds is 9. The standard InChI is InChI=1S/C24H24N4O4S/c1-30-19-8-6-17(7-9-19)23-26-24-28(27-23)18(15-33-24)12-13-25-22(29)11-5-16-4-10-20(31-2)21(14-16)32-3/h4-11,14-15H,12-13H2,1-3H3,(H,25,29)/b11-5+. The number of nitrogens with one attached hydrogen (secondary N) is 1. The highest BCUT2D eigenvalue weighted by Crippen LogP contribution is 2.28. The van der Waals surface area contributed by atoms with E-state index in [1.165, 1.54) is 17.4 Å². The summed E-state index contributed by atoms with van der Waals surface area (Å²) in [5.41, 5.74) is 2.76. The Morgan fingerprint density at radius 3 is 2.58 bits per heavy atom. The van der Waals surface area contributed by atoms with Crippen molar-refractivity contribution in [1.29, 1.82) is 0 Å². The van der Waals surface area contributed by atoms with Crippen LogP contribution in [0.3, 0.4) is 0 Å². The molecule has 4 aromatic rings. The van der Waals surface area contributed by atoms with Gasteiger partial charge in [-0.25, -0.2) is 4.52 Å². The SMILES string of the molecule is COc1ccc(-c2nc3scc(CCNC(=O)/C=C/c4ccc(OC)c(OC)c4)n3n2)cc1. The lowest BCUT2D eigenvalue weighted by Crippen LogP contribution is -2.23. The van der Waals surface area contributed by atoms with Crippen molar-refractivity contribution in [3.05, 3.63) is 65.2 Å². The number of nitrogens with zero attached hydrogens (tertiary/aromatic N) is 3. The molecule has 0 aliphatic rings. The Labute approximate surface area is 195 Å². The molecule has 1 amide bonds. The van der Waals surface area contributed by atoms with Crippen LogP contribution in [0.25, 0.3) is 22.4 Å². The first kappa shape index (κ1) is 22.3. The summed E-state index contributed by atoms with van der Waals surface area (Å²) >= 11 is 1.53. The third kappa shape index (κ3) is 5.15. The summed E-state index contributed by atoms with van der Waals surface area (Å²) in [5.74, 6) is 2.53. The van der Waals surface area contributed by atoms with Crippen LogP contribution in [0.2, 0.25) is 0 Å². The zero-order valence-electron chi connectivity index (χ0n) is 18.6. The number of fused-ring (bicyclic) bond motifs is 1. The molecule has 0 fully saturated rings. The van der Waals surface area contributed by atoms with Crippen LogP contribution >= 0.6 is 11.3 Å². The molecule has 4 rings (SSSR count). The average Bonchev–Trinajstić information content (AvgIpc) is 3.44. The fourth-order valence-corrected chi connectivity index (χ4v) is 4.12. The number of hydrogen-bond donors (Lipinski definition) is 1. The average molecular weight is 465 g/mol. The van der Waals surface area contributed by atoms with Crippen LogP contribution in [0.4, 0.5) is 0 Å². The van der Waals surface area contributed by atoms with E-state index in [-0.39, 0.29) is 5.91 Å². The maximum atomic E-state index is 12.2. The lowest BCUT2D eigenvalue weighted by atomic mass is 10.2. The van der Waals surface area contributed by atoms with E-state index < -0.39 is 0 Å². The molecule has 0 aliphatic heterocycles. The predicted molar refractivity (Wildman–Crippen MR) is 128 cm³/mol. The summed E-state index contributed by atoms with van der Waals surface area (Å²) in [5, 5.41) is 9.55. The largest absolute Gasteiger partial charge is 0.497 e. The Kier molecular flexibility index (Phi) is 6.89. The first-order chi connectivity index (χ1) is 16.1. The van der Waals surface area contributed by atoms with E-state index in [9.17, 15) is 4.79 Å². The van der Waals surface area contributed by atoms with Crippen LogP contribution in [0.5, 0.6) is 17.2 Å². The zero-order chi connectivity index (χ0) is 23.2. The highest BCUT2D eigenvalue weighted by Gasteiger charge is 2.12. The summed E-state index contributed by atoms with van der Waals surface area (Å²) < 4.78 is 17.5. The summed E-state index contributed by atoms with van der Waals surface area (Å²) in [6.07, 6.45) is 3.88. The minimum absolute atomic E-state index is 0.172. The Morgan fingerprint density at radius 1 is 1.06 bits per heavy atom. The van der Waals surface area contributed by atoms with Gasteiger partial charge in [-0.1, -0.05) is 6.07 Å². The molecular formula is C24H24N4O4S. The molecule has 0 unspecified atom stereocenters. The van der Waals surface area contributed by atoms with Gasteiger partial charge in [-0.05, 0) is 48.0 Å². The van der Waals surface area contributed by atoms with Crippen molar-refractivity contribution in [3.63, 3.8) is 0 Å². The van der Waals surface area contributed by atoms with Gasteiger partial charge in [0.25, 0.3) is 0 Å². The number of hydrogen-bond acceptors (Lipinski definition) is 7. The van der Waals surface area contributed by atoms with Crippen molar-refractivity contribution in [1.82, 2.24) is 19.9 Å². The van der Waals surface area contributed by atoms with Crippen LogP contribution < -0.4 is 19.5 Å². The van der Waals surface area contributed by atoms with E-state index in [4.69, 9.17) is 14.2 Å². The van der Waals surface area contributed by atoms with E-state index in [0.717, 1.165) is 27.5 Å². The number of ether oxygens (including phenoxy) is 3. The molecule has 0 radical (unpaired) electrons. The number of amides is 1. The van der Waals surface area contributed by atoms with E-state index >= 15 is 0 Å². The molecular weight excluding hydrogens is 440 g/mol. The predicted octanol–water partition coefficient (Wildman–Crippen LogP) is 3.86. The van der Waals surface area contributed by atoms with E-state index in [0.29, 0.717) is 30.3 Å². The Balaban J connectivity index is 1.35. The van der Waals surface area contributed by atoms with E-state index in [2.05, 4.69) is 15.4 Å². The highest BCUT2D eigenvalue weighted by molar-refractivity contribution is 7.15. The molecule has 9 heteroatoms. The van der Waals surface area contributed by atoms with Crippen LogP contribution in [0.15, 0.2) is 53.9 Å². The van der Waals surface area contributed by atoms with Crippen LogP contribution in [-0.2, 0) is 11.2 Å². The minimum atomic E-state index is -0.172.